The van der Waals surface area contributed by atoms with Gasteiger partial charge < -0.3 is 10.2 Å². The third-order valence-electron chi connectivity index (χ3n) is 2.64. The SMILES string of the molecule is C[C@H](N)CCc1ccc(-c2ccc(F)cc2)o1. The fourth-order valence-electron chi connectivity index (χ4n) is 1.65. The second kappa shape index (κ2) is 5.15. The molecular weight excluding hydrogens is 217 g/mol. The number of furan rings is 1. The van der Waals surface area contributed by atoms with Gasteiger partial charge in [0.05, 0.1) is 0 Å². The van der Waals surface area contributed by atoms with Crippen LogP contribution in [0.4, 0.5) is 4.39 Å². The monoisotopic (exact) mass is 233 g/mol. The van der Waals surface area contributed by atoms with Crippen molar-refractivity contribution in [3.05, 3.63) is 48.0 Å². The summed E-state index contributed by atoms with van der Waals surface area (Å²) >= 11 is 0. The average Bonchev–Trinajstić information content (AvgIpc) is 2.76. The minimum Gasteiger partial charge on any atom is -0.461 e. The largest absolute Gasteiger partial charge is 0.461 e. The molecule has 0 unspecified atom stereocenters. The third kappa shape index (κ3) is 3.17. The molecule has 1 aromatic heterocycles. The summed E-state index contributed by atoms with van der Waals surface area (Å²) < 4.78 is 18.5. The van der Waals surface area contributed by atoms with Crippen LogP contribution in [0.3, 0.4) is 0 Å². The fraction of sp³-hybridized carbons (Fsp3) is 0.286. The van der Waals surface area contributed by atoms with Gasteiger partial charge in [-0.2, -0.15) is 0 Å². The molecule has 0 aliphatic rings. The first-order valence-electron chi connectivity index (χ1n) is 5.75. The van der Waals surface area contributed by atoms with Crippen molar-refractivity contribution in [3.8, 4) is 11.3 Å². The lowest BCUT2D eigenvalue weighted by Gasteiger charge is -2.01. The summed E-state index contributed by atoms with van der Waals surface area (Å²) in [6.07, 6.45) is 1.73. The zero-order valence-electron chi connectivity index (χ0n) is 9.82. The molecule has 0 bridgehead atoms. The second-order valence-corrected chi connectivity index (χ2v) is 4.29. The molecule has 2 aromatic rings. The van der Waals surface area contributed by atoms with Crippen LogP contribution in [0.25, 0.3) is 11.3 Å². The maximum atomic E-state index is 12.8. The summed E-state index contributed by atoms with van der Waals surface area (Å²) in [4.78, 5) is 0. The van der Waals surface area contributed by atoms with Crippen molar-refractivity contribution >= 4 is 0 Å². The maximum Gasteiger partial charge on any atom is 0.134 e. The van der Waals surface area contributed by atoms with E-state index in [1.807, 2.05) is 19.1 Å². The normalized spacial score (nSPS) is 12.6. The lowest BCUT2D eigenvalue weighted by molar-refractivity contribution is 0.501. The third-order valence-corrected chi connectivity index (χ3v) is 2.64. The van der Waals surface area contributed by atoms with Crippen molar-refractivity contribution in [3.63, 3.8) is 0 Å². The van der Waals surface area contributed by atoms with Crippen LogP contribution in [-0.2, 0) is 6.42 Å². The lowest BCUT2D eigenvalue weighted by atomic mass is 10.1. The molecule has 90 valence electrons. The Labute approximate surface area is 100 Å². The number of aryl methyl sites for hydroxylation is 1. The van der Waals surface area contributed by atoms with Crippen molar-refractivity contribution in [1.29, 1.82) is 0 Å². The van der Waals surface area contributed by atoms with Crippen LogP contribution in [0.5, 0.6) is 0 Å². The molecule has 3 heteroatoms. The summed E-state index contributed by atoms with van der Waals surface area (Å²) in [6, 6.07) is 10.3. The standard InChI is InChI=1S/C14H16FNO/c1-10(16)2-7-13-8-9-14(17-13)11-3-5-12(15)6-4-11/h3-6,8-10H,2,7,16H2,1H3/t10-/m0/s1. The molecule has 0 fully saturated rings. The highest BCUT2D eigenvalue weighted by molar-refractivity contribution is 5.57. The summed E-state index contributed by atoms with van der Waals surface area (Å²) in [6.45, 7) is 1.98. The molecule has 2 rings (SSSR count). The van der Waals surface area contributed by atoms with E-state index >= 15 is 0 Å². The predicted molar refractivity (Wildman–Crippen MR) is 66.1 cm³/mol. The van der Waals surface area contributed by atoms with E-state index in [4.69, 9.17) is 10.2 Å². The topological polar surface area (TPSA) is 39.2 Å². The Morgan fingerprint density at radius 1 is 1.18 bits per heavy atom. The van der Waals surface area contributed by atoms with Crippen molar-refractivity contribution in [2.75, 3.05) is 0 Å². The van der Waals surface area contributed by atoms with Crippen molar-refractivity contribution in [1.82, 2.24) is 0 Å². The first-order chi connectivity index (χ1) is 8.15. The summed E-state index contributed by atoms with van der Waals surface area (Å²) in [5, 5.41) is 0. The Kier molecular flexibility index (Phi) is 3.59. The smallest absolute Gasteiger partial charge is 0.134 e. The van der Waals surface area contributed by atoms with E-state index in [2.05, 4.69) is 0 Å². The Morgan fingerprint density at radius 2 is 1.88 bits per heavy atom. The molecule has 2 nitrogen and oxygen atoms in total. The predicted octanol–water partition coefficient (Wildman–Crippen LogP) is 3.37. The number of hydrogen-bond donors (Lipinski definition) is 1. The first kappa shape index (κ1) is 11.9. The van der Waals surface area contributed by atoms with Gasteiger partial charge in [0.1, 0.15) is 17.3 Å². The minimum absolute atomic E-state index is 0.175. The number of benzene rings is 1. The molecule has 2 N–H and O–H groups in total. The van der Waals surface area contributed by atoms with E-state index in [0.29, 0.717) is 0 Å². The Bertz CT molecular complexity index is 473. The first-order valence-corrected chi connectivity index (χ1v) is 5.75. The van der Waals surface area contributed by atoms with Crippen LogP contribution in [0.2, 0.25) is 0 Å². The molecule has 0 amide bonds. The Hall–Kier alpha value is -1.61. The quantitative estimate of drug-likeness (QED) is 0.879. The molecule has 0 aliphatic carbocycles. The number of hydrogen-bond acceptors (Lipinski definition) is 2. The van der Waals surface area contributed by atoms with Gasteiger partial charge in [-0.25, -0.2) is 4.39 Å². The van der Waals surface area contributed by atoms with Gasteiger partial charge in [-0.3, -0.25) is 0 Å². The van der Waals surface area contributed by atoms with Crippen LogP contribution in [-0.4, -0.2) is 6.04 Å². The average molecular weight is 233 g/mol. The molecule has 1 heterocycles. The van der Waals surface area contributed by atoms with Crippen LogP contribution in [0.1, 0.15) is 19.1 Å². The highest BCUT2D eigenvalue weighted by atomic mass is 19.1. The van der Waals surface area contributed by atoms with E-state index in [1.165, 1.54) is 12.1 Å². The second-order valence-electron chi connectivity index (χ2n) is 4.29. The fourth-order valence-corrected chi connectivity index (χ4v) is 1.65. The molecule has 0 saturated carbocycles. The van der Waals surface area contributed by atoms with Gasteiger partial charge in [-0.1, -0.05) is 0 Å². The van der Waals surface area contributed by atoms with Crippen molar-refractivity contribution in [2.24, 2.45) is 5.73 Å². The zero-order valence-corrected chi connectivity index (χ0v) is 9.82. The van der Waals surface area contributed by atoms with Gasteiger partial charge in [-0.05, 0) is 49.7 Å². The summed E-state index contributed by atoms with van der Waals surface area (Å²) in [5.41, 5.74) is 6.58. The van der Waals surface area contributed by atoms with Gasteiger partial charge in [0.15, 0.2) is 0 Å². The maximum absolute atomic E-state index is 12.8. The van der Waals surface area contributed by atoms with E-state index in [-0.39, 0.29) is 11.9 Å². The van der Waals surface area contributed by atoms with Crippen LogP contribution in [0.15, 0.2) is 40.8 Å². The van der Waals surface area contributed by atoms with Gasteiger partial charge in [0.2, 0.25) is 0 Å². The van der Waals surface area contributed by atoms with Gasteiger partial charge in [-0.15, -0.1) is 0 Å². The van der Waals surface area contributed by atoms with Crippen LogP contribution < -0.4 is 5.73 Å². The molecular formula is C14H16FNO. The summed E-state index contributed by atoms with van der Waals surface area (Å²) in [5.74, 6) is 1.45. The Balaban J connectivity index is 2.10. The summed E-state index contributed by atoms with van der Waals surface area (Å²) in [7, 11) is 0. The minimum atomic E-state index is -0.238. The van der Waals surface area contributed by atoms with Crippen molar-refractivity contribution < 1.29 is 8.81 Å². The number of halogens is 1. The van der Waals surface area contributed by atoms with Crippen LogP contribution >= 0.6 is 0 Å². The lowest BCUT2D eigenvalue weighted by Crippen LogP contribution is -2.15. The highest BCUT2D eigenvalue weighted by Crippen LogP contribution is 2.23. The number of rotatable bonds is 4. The Morgan fingerprint density at radius 3 is 2.53 bits per heavy atom. The van der Waals surface area contributed by atoms with E-state index in [0.717, 1.165) is 29.9 Å². The highest BCUT2D eigenvalue weighted by Gasteiger charge is 2.05. The van der Waals surface area contributed by atoms with Gasteiger partial charge >= 0.3 is 0 Å². The molecule has 0 spiro atoms. The van der Waals surface area contributed by atoms with Gasteiger partial charge in [0, 0.05) is 18.0 Å². The molecule has 0 aliphatic heterocycles. The number of nitrogens with two attached hydrogens (primary N) is 1. The molecule has 1 aromatic carbocycles. The van der Waals surface area contributed by atoms with E-state index in [1.54, 1.807) is 12.1 Å². The molecule has 1 atom stereocenters. The molecule has 0 radical (unpaired) electrons. The van der Waals surface area contributed by atoms with Crippen molar-refractivity contribution in [2.45, 2.75) is 25.8 Å². The zero-order chi connectivity index (χ0) is 12.3. The van der Waals surface area contributed by atoms with Gasteiger partial charge in [0.25, 0.3) is 0 Å². The molecule has 0 saturated heterocycles. The van der Waals surface area contributed by atoms with E-state index < -0.39 is 0 Å². The van der Waals surface area contributed by atoms with E-state index in [9.17, 15) is 4.39 Å². The molecule has 17 heavy (non-hydrogen) atoms. The van der Waals surface area contributed by atoms with Crippen LogP contribution in [0, 0.1) is 5.82 Å².